The number of nitrogens with two attached hydrogens (primary N) is 1. The predicted molar refractivity (Wildman–Crippen MR) is 40.2 cm³/mol. The maximum absolute atomic E-state index is 5.46. The summed E-state index contributed by atoms with van der Waals surface area (Å²) in [5.41, 5.74) is 7.23. The van der Waals surface area contributed by atoms with Gasteiger partial charge in [0.2, 0.25) is 0 Å². The lowest BCUT2D eigenvalue weighted by Crippen LogP contribution is -2.19. The summed E-state index contributed by atoms with van der Waals surface area (Å²) < 4.78 is 0. The highest BCUT2D eigenvalue weighted by Gasteiger charge is 2.14. The number of nitrogens with zero attached hydrogens (tertiary/aromatic N) is 3. The van der Waals surface area contributed by atoms with Crippen LogP contribution in [0.5, 0.6) is 0 Å². The van der Waals surface area contributed by atoms with Gasteiger partial charge in [0.1, 0.15) is 17.9 Å². The van der Waals surface area contributed by atoms with Crippen LogP contribution in [0.4, 0.5) is 0 Å². The van der Waals surface area contributed by atoms with Crippen molar-refractivity contribution < 1.29 is 0 Å². The van der Waals surface area contributed by atoms with Crippen molar-refractivity contribution in [2.24, 2.45) is 20.7 Å². The van der Waals surface area contributed by atoms with Crippen molar-refractivity contribution in [3.8, 4) is 0 Å². The van der Waals surface area contributed by atoms with Gasteiger partial charge < -0.3 is 5.73 Å². The molecule has 10 heavy (non-hydrogen) atoms. The molecular weight excluding hydrogens is 128 g/mol. The van der Waals surface area contributed by atoms with Gasteiger partial charge in [-0.15, -0.1) is 0 Å². The lowest BCUT2D eigenvalue weighted by atomic mass is 10.2. The first-order valence-electron chi connectivity index (χ1n) is 2.98. The molecule has 0 aliphatic carbocycles. The van der Waals surface area contributed by atoms with E-state index in [4.69, 9.17) is 5.73 Å². The maximum Gasteiger partial charge on any atom is 0.116 e. The van der Waals surface area contributed by atoms with Crippen molar-refractivity contribution in [3.63, 3.8) is 0 Å². The molecule has 50 valence electrons. The zero-order valence-electron chi connectivity index (χ0n) is 5.28. The maximum atomic E-state index is 5.46. The van der Waals surface area contributed by atoms with Crippen molar-refractivity contribution in [1.82, 2.24) is 0 Å². The average molecular weight is 134 g/mol. The van der Waals surface area contributed by atoms with Crippen molar-refractivity contribution in [2.45, 2.75) is 6.42 Å². The molecule has 0 saturated heterocycles. The van der Waals surface area contributed by atoms with E-state index in [1.807, 2.05) is 0 Å². The van der Waals surface area contributed by atoms with Crippen LogP contribution in [-0.4, -0.2) is 17.9 Å². The van der Waals surface area contributed by atoms with Crippen LogP contribution in [0.15, 0.2) is 26.9 Å². The topological polar surface area (TPSA) is 63.1 Å². The SMILES string of the molecule is NC1=NC=C2N=CN=C2C1. The lowest BCUT2D eigenvalue weighted by molar-refractivity contribution is 1.30. The number of hydrogen-bond acceptors (Lipinski definition) is 4. The molecule has 0 spiro atoms. The number of aliphatic imine (C=N–C) groups is 3. The Morgan fingerprint density at radius 1 is 1.40 bits per heavy atom. The molecule has 0 fully saturated rings. The summed E-state index contributed by atoms with van der Waals surface area (Å²) in [6, 6.07) is 0. The third-order valence-corrected chi connectivity index (χ3v) is 1.41. The second-order valence-corrected chi connectivity index (χ2v) is 2.13. The lowest BCUT2D eigenvalue weighted by Gasteiger charge is -2.04. The van der Waals surface area contributed by atoms with Crippen LogP contribution in [0.25, 0.3) is 0 Å². The van der Waals surface area contributed by atoms with Crippen LogP contribution in [0.1, 0.15) is 6.42 Å². The second-order valence-electron chi connectivity index (χ2n) is 2.13. The highest BCUT2D eigenvalue weighted by Crippen LogP contribution is 2.13. The molecule has 0 aromatic heterocycles. The van der Waals surface area contributed by atoms with Gasteiger partial charge in [0.15, 0.2) is 0 Å². The van der Waals surface area contributed by atoms with Crippen LogP contribution in [-0.2, 0) is 0 Å². The van der Waals surface area contributed by atoms with Gasteiger partial charge in [0.05, 0.1) is 11.9 Å². The molecule has 0 radical (unpaired) electrons. The van der Waals surface area contributed by atoms with Crippen LogP contribution in [0, 0.1) is 0 Å². The number of fused-ring (bicyclic) bond motifs is 1. The summed E-state index contributed by atoms with van der Waals surface area (Å²) >= 11 is 0. The molecule has 4 heteroatoms. The first-order valence-corrected chi connectivity index (χ1v) is 2.98. The molecule has 2 aliphatic heterocycles. The molecule has 0 aromatic rings. The molecule has 4 nitrogen and oxygen atoms in total. The Morgan fingerprint density at radius 3 is 3.20 bits per heavy atom. The largest absolute Gasteiger partial charge is 0.387 e. The molecule has 0 saturated carbocycles. The number of amidine groups is 1. The molecule has 2 rings (SSSR count). The van der Waals surface area contributed by atoms with Crippen molar-refractivity contribution >= 4 is 17.9 Å². The van der Waals surface area contributed by atoms with Gasteiger partial charge in [-0.2, -0.15) is 0 Å². The zero-order valence-corrected chi connectivity index (χ0v) is 5.28. The Hall–Kier alpha value is -1.45. The van der Waals surface area contributed by atoms with E-state index in [0.717, 1.165) is 11.4 Å². The van der Waals surface area contributed by atoms with Gasteiger partial charge in [-0.25, -0.2) is 15.0 Å². The fourth-order valence-electron chi connectivity index (χ4n) is 0.907. The fraction of sp³-hybridized carbons (Fsp3) is 0.167. The molecule has 0 bridgehead atoms. The minimum absolute atomic E-state index is 0.605. The van der Waals surface area contributed by atoms with E-state index in [2.05, 4.69) is 15.0 Å². The van der Waals surface area contributed by atoms with Gasteiger partial charge in [-0.3, -0.25) is 0 Å². The second kappa shape index (κ2) is 1.76. The Bertz CT molecular complexity index is 282. The van der Waals surface area contributed by atoms with Gasteiger partial charge in [-0.05, 0) is 0 Å². The van der Waals surface area contributed by atoms with Crippen molar-refractivity contribution in [3.05, 3.63) is 11.9 Å². The Labute approximate surface area is 57.9 Å². The Kier molecular flexibility index (Phi) is 0.943. The van der Waals surface area contributed by atoms with E-state index in [1.54, 1.807) is 6.20 Å². The number of allylic oxidation sites excluding steroid dienone is 1. The molecule has 0 unspecified atom stereocenters. The van der Waals surface area contributed by atoms with E-state index >= 15 is 0 Å². The van der Waals surface area contributed by atoms with Crippen LogP contribution in [0.3, 0.4) is 0 Å². The fourth-order valence-corrected chi connectivity index (χ4v) is 0.907. The van der Waals surface area contributed by atoms with Crippen LogP contribution >= 0.6 is 0 Å². The smallest absolute Gasteiger partial charge is 0.116 e. The summed E-state index contributed by atoms with van der Waals surface area (Å²) in [5, 5.41) is 0. The van der Waals surface area contributed by atoms with E-state index in [-0.39, 0.29) is 0 Å². The Balaban J connectivity index is 2.42. The quantitative estimate of drug-likeness (QED) is 0.500. The molecule has 0 atom stereocenters. The van der Waals surface area contributed by atoms with Crippen LogP contribution < -0.4 is 5.73 Å². The monoisotopic (exact) mass is 134 g/mol. The van der Waals surface area contributed by atoms with Gasteiger partial charge in [0.25, 0.3) is 0 Å². The molecule has 2 N–H and O–H groups in total. The zero-order chi connectivity index (χ0) is 6.97. The van der Waals surface area contributed by atoms with E-state index < -0.39 is 0 Å². The van der Waals surface area contributed by atoms with Gasteiger partial charge >= 0.3 is 0 Å². The first kappa shape index (κ1) is 5.34. The molecule has 0 aromatic carbocycles. The molecule has 2 heterocycles. The summed E-state index contributed by atoms with van der Waals surface area (Å²) in [4.78, 5) is 11.9. The summed E-state index contributed by atoms with van der Waals surface area (Å²) in [5.74, 6) is 0.605. The average Bonchev–Trinajstić information content (AvgIpc) is 2.33. The summed E-state index contributed by atoms with van der Waals surface area (Å²) in [6.07, 6.45) is 3.79. The van der Waals surface area contributed by atoms with Gasteiger partial charge in [-0.1, -0.05) is 0 Å². The van der Waals surface area contributed by atoms with E-state index in [0.29, 0.717) is 12.3 Å². The first-order chi connectivity index (χ1) is 4.86. The predicted octanol–water partition coefficient (Wildman–Crippen LogP) is 0.0716. The highest BCUT2D eigenvalue weighted by atomic mass is 15.0. The van der Waals surface area contributed by atoms with Crippen LogP contribution in [0.2, 0.25) is 0 Å². The summed E-state index contributed by atoms with van der Waals surface area (Å²) in [6.45, 7) is 0. The van der Waals surface area contributed by atoms with Crippen molar-refractivity contribution in [2.75, 3.05) is 0 Å². The minimum Gasteiger partial charge on any atom is -0.387 e. The molecular formula is C6H6N4. The molecule has 2 aliphatic rings. The number of hydrogen-bond donors (Lipinski definition) is 1. The van der Waals surface area contributed by atoms with Crippen molar-refractivity contribution in [1.29, 1.82) is 0 Å². The Morgan fingerprint density at radius 2 is 2.30 bits per heavy atom. The van der Waals surface area contributed by atoms with E-state index in [1.165, 1.54) is 6.34 Å². The number of rotatable bonds is 0. The summed E-state index contributed by atoms with van der Waals surface area (Å²) in [7, 11) is 0. The third-order valence-electron chi connectivity index (χ3n) is 1.41. The third kappa shape index (κ3) is 0.655. The standard InChI is InChI=1S/C6H6N4/c7-6-1-4-5(2-8-6)10-3-9-4/h2-3H,1H2,(H2,7,8). The van der Waals surface area contributed by atoms with Gasteiger partial charge in [0, 0.05) is 6.42 Å². The highest BCUT2D eigenvalue weighted by molar-refractivity contribution is 6.17. The van der Waals surface area contributed by atoms with E-state index in [9.17, 15) is 0 Å². The minimum atomic E-state index is 0.605. The molecule has 0 amide bonds. The normalized spacial score (nSPS) is 21.4.